The molecule has 1 fully saturated rings. The summed E-state index contributed by atoms with van der Waals surface area (Å²) in [7, 11) is 2.10. The molecule has 6 nitrogen and oxygen atoms in total. The first-order chi connectivity index (χ1) is 11.9. The van der Waals surface area contributed by atoms with Gasteiger partial charge in [0, 0.05) is 33.3 Å². The second-order valence-electron chi connectivity index (χ2n) is 9.43. The number of guanidine groups is 1. The standard InChI is InChI=1S/C20H41N3O3/c1-18(2,3)21-17-22(8)11-12-23(17)13-16-26-20(6,7)10-15-25-19(4,5)9-14-24/h24H,9-16H2,1-8H3/b21-17+. The van der Waals surface area contributed by atoms with Crippen molar-refractivity contribution in [2.75, 3.05) is 46.5 Å². The number of hydrogen-bond donors (Lipinski definition) is 1. The lowest BCUT2D eigenvalue weighted by molar-refractivity contribution is -0.0785. The predicted molar refractivity (Wildman–Crippen MR) is 108 cm³/mol. The molecular weight excluding hydrogens is 330 g/mol. The van der Waals surface area contributed by atoms with Crippen molar-refractivity contribution < 1.29 is 14.6 Å². The minimum absolute atomic E-state index is 0.0784. The zero-order valence-corrected chi connectivity index (χ0v) is 18.3. The Bertz CT molecular complexity index is 456. The van der Waals surface area contributed by atoms with E-state index in [0.717, 1.165) is 32.0 Å². The van der Waals surface area contributed by atoms with Crippen molar-refractivity contribution in [2.45, 2.75) is 78.0 Å². The van der Waals surface area contributed by atoms with Crippen LogP contribution in [0.3, 0.4) is 0 Å². The van der Waals surface area contributed by atoms with Crippen LogP contribution in [0.5, 0.6) is 0 Å². The van der Waals surface area contributed by atoms with Crippen LogP contribution >= 0.6 is 0 Å². The summed E-state index contributed by atoms with van der Waals surface area (Å²) in [4.78, 5) is 9.38. The third-order valence-electron chi connectivity index (χ3n) is 4.53. The molecule has 1 N–H and O–H groups in total. The van der Waals surface area contributed by atoms with Gasteiger partial charge in [-0.3, -0.25) is 0 Å². The van der Waals surface area contributed by atoms with E-state index in [2.05, 4.69) is 51.5 Å². The van der Waals surface area contributed by atoms with Crippen molar-refractivity contribution in [3.8, 4) is 0 Å². The maximum Gasteiger partial charge on any atom is 0.197 e. The van der Waals surface area contributed by atoms with Gasteiger partial charge in [0.15, 0.2) is 5.96 Å². The van der Waals surface area contributed by atoms with Gasteiger partial charge in [-0.2, -0.15) is 0 Å². The fraction of sp³-hybridized carbons (Fsp3) is 0.950. The number of hydrogen-bond acceptors (Lipinski definition) is 4. The molecule has 0 amide bonds. The lowest BCUT2D eigenvalue weighted by Crippen LogP contribution is -2.38. The van der Waals surface area contributed by atoms with E-state index < -0.39 is 0 Å². The van der Waals surface area contributed by atoms with Gasteiger partial charge >= 0.3 is 0 Å². The minimum atomic E-state index is -0.288. The van der Waals surface area contributed by atoms with E-state index in [0.29, 0.717) is 19.6 Å². The van der Waals surface area contributed by atoms with Gasteiger partial charge in [-0.1, -0.05) is 0 Å². The highest BCUT2D eigenvalue weighted by Gasteiger charge is 2.27. The average molecular weight is 372 g/mol. The van der Waals surface area contributed by atoms with Crippen LogP contribution < -0.4 is 0 Å². The summed E-state index contributed by atoms with van der Waals surface area (Å²) in [5.74, 6) is 1.06. The van der Waals surface area contributed by atoms with Crippen LogP contribution in [0.15, 0.2) is 4.99 Å². The molecule has 1 saturated heterocycles. The molecule has 0 aromatic rings. The van der Waals surface area contributed by atoms with E-state index >= 15 is 0 Å². The number of aliphatic hydroxyl groups is 1. The second-order valence-corrected chi connectivity index (χ2v) is 9.43. The second kappa shape index (κ2) is 9.38. The Morgan fingerprint density at radius 2 is 1.50 bits per heavy atom. The fourth-order valence-corrected chi connectivity index (χ4v) is 2.80. The SMILES string of the molecule is CN1CCN(CCOC(C)(C)CCOC(C)(C)CCO)/C1=N/C(C)(C)C. The highest BCUT2D eigenvalue weighted by molar-refractivity contribution is 5.82. The normalized spacial score (nSPS) is 18.3. The Hall–Kier alpha value is -0.850. The first kappa shape index (κ1) is 23.2. The molecule has 0 aromatic heterocycles. The van der Waals surface area contributed by atoms with Gasteiger partial charge in [0.1, 0.15) is 0 Å². The zero-order chi connectivity index (χ0) is 20.0. The molecule has 1 aliphatic heterocycles. The van der Waals surface area contributed by atoms with Gasteiger partial charge in [0.2, 0.25) is 0 Å². The molecule has 0 spiro atoms. The number of likely N-dealkylation sites (N-methyl/N-ethyl adjacent to an activating group) is 1. The first-order valence-electron chi connectivity index (χ1n) is 9.80. The van der Waals surface area contributed by atoms with Crippen molar-refractivity contribution >= 4 is 5.96 Å². The molecule has 1 rings (SSSR count). The smallest absolute Gasteiger partial charge is 0.197 e. The average Bonchev–Trinajstić information content (AvgIpc) is 2.77. The predicted octanol–water partition coefficient (Wildman–Crippen LogP) is 2.75. The molecular formula is C20H41N3O3. The van der Waals surface area contributed by atoms with Crippen molar-refractivity contribution in [1.29, 1.82) is 0 Å². The Kier molecular flexibility index (Phi) is 8.36. The van der Waals surface area contributed by atoms with Crippen LogP contribution in [0.4, 0.5) is 0 Å². The van der Waals surface area contributed by atoms with E-state index in [1.54, 1.807) is 0 Å². The summed E-state index contributed by atoms with van der Waals surface area (Å²) in [5, 5.41) is 9.07. The molecule has 0 aromatic carbocycles. The van der Waals surface area contributed by atoms with Crippen LogP contribution in [-0.2, 0) is 9.47 Å². The van der Waals surface area contributed by atoms with E-state index in [-0.39, 0.29) is 23.3 Å². The lowest BCUT2D eigenvalue weighted by atomic mass is 10.0. The molecule has 0 atom stereocenters. The van der Waals surface area contributed by atoms with Crippen molar-refractivity contribution in [2.24, 2.45) is 4.99 Å². The molecule has 6 heteroatoms. The quantitative estimate of drug-likeness (QED) is 0.640. The molecule has 0 saturated carbocycles. The Labute approximate surface area is 160 Å². The third-order valence-corrected chi connectivity index (χ3v) is 4.53. The fourth-order valence-electron chi connectivity index (χ4n) is 2.80. The minimum Gasteiger partial charge on any atom is -0.396 e. The van der Waals surface area contributed by atoms with Gasteiger partial charge < -0.3 is 24.4 Å². The molecule has 0 bridgehead atoms. The molecule has 1 aliphatic rings. The van der Waals surface area contributed by atoms with Crippen molar-refractivity contribution in [3.63, 3.8) is 0 Å². The topological polar surface area (TPSA) is 57.5 Å². The third kappa shape index (κ3) is 8.69. The summed E-state index contributed by atoms with van der Waals surface area (Å²) in [6.07, 6.45) is 1.47. The highest BCUT2D eigenvalue weighted by Crippen LogP contribution is 2.20. The van der Waals surface area contributed by atoms with Gasteiger partial charge in [0.05, 0.1) is 30.0 Å². The summed E-state index contributed by atoms with van der Waals surface area (Å²) in [6.45, 7) is 18.9. The van der Waals surface area contributed by atoms with Crippen LogP contribution in [-0.4, -0.2) is 84.1 Å². The van der Waals surface area contributed by atoms with Gasteiger partial charge in [-0.05, 0) is 61.3 Å². The van der Waals surface area contributed by atoms with E-state index in [1.807, 2.05) is 13.8 Å². The van der Waals surface area contributed by atoms with Gasteiger partial charge in [0.25, 0.3) is 0 Å². The molecule has 0 radical (unpaired) electrons. The Balaban J connectivity index is 2.42. The van der Waals surface area contributed by atoms with Crippen molar-refractivity contribution in [3.05, 3.63) is 0 Å². The van der Waals surface area contributed by atoms with E-state index in [1.165, 1.54) is 0 Å². The highest BCUT2D eigenvalue weighted by atomic mass is 16.5. The van der Waals surface area contributed by atoms with Gasteiger partial charge in [-0.15, -0.1) is 0 Å². The van der Waals surface area contributed by atoms with Gasteiger partial charge in [-0.25, -0.2) is 4.99 Å². The number of aliphatic hydroxyl groups excluding tert-OH is 1. The Morgan fingerprint density at radius 1 is 0.923 bits per heavy atom. The molecule has 0 aliphatic carbocycles. The van der Waals surface area contributed by atoms with Crippen LogP contribution in [0.1, 0.15) is 61.3 Å². The number of nitrogens with zero attached hydrogens (tertiary/aromatic N) is 3. The maximum atomic E-state index is 9.07. The van der Waals surface area contributed by atoms with Crippen LogP contribution in [0.25, 0.3) is 0 Å². The molecule has 1 heterocycles. The van der Waals surface area contributed by atoms with E-state index in [4.69, 9.17) is 19.6 Å². The summed E-state index contributed by atoms with van der Waals surface area (Å²) < 4.78 is 12.0. The molecule has 0 unspecified atom stereocenters. The van der Waals surface area contributed by atoms with Crippen molar-refractivity contribution in [1.82, 2.24) is 9.80 Å². The summed E-state index contributed by atoms with van der Waals surface area (Å²) in [5.41, 5.74) is -0.601. The first-order valence-corrected chi connectivity index (χ1v) is 9.80. The zero-order valence-electron chi connectivity index (χ0n) is 18.3. The Morgan fingerprint density at radius 3 is 2.08 bits per heavy atom. The number of aliphatic imine (C=N–C) groups is 1. The summed E-state index contributed by atoms with van der Waals surface area (Å²) in [6, 6.07) is 0. The summed E-state index contributed by atoms with van der Waals surface area (Å²) >= 11 is 0. The molecule has 26 heavy (non-hydrogen) atoms. The van der Waals surface area contributed by atoms with Crippen LogP contribution in [0.2, 0.25) is 0 Å². The monoisotopic (exact) mass is 371 g/mol. The molecule has 154 valence electrons. The van der Waals surface area contributed by atoms with E-state index in [9.17, 15) is 0 Å². The maximum absolute atomic E-state index is 9.07. The lowest BCUT2D eigenvalue weighted by Gasteiger charge is -2.30. The number of rotatable bonds is 10. The largest absolute Gasteiger partial charge is 0.396 e. The van der Waals surface area contributed by atoms with Crippen LogP contribution in [0, 0.1) is 0 Å². The number of ether oxygens (including phenoxy) is 2.